The molecule has 9 nitrogen and oxygen atoms in total. The van der Waals surface area contributed by atoms with E-state index in [9.17, 15) is 4.79 Å². The van der Waals surface area contributed by atoms with Crippen molar-refractivity contribution in [2.75, 3.05) is 49.7 Å². The van der Waals surface area contributed by atoms with Crippen molar-refractivity contribution in [2.24, 2.45) is 7.05 Å². The van der Waals surface area contributed by atoms with Gasteiger partial charge in [0, 0.05) is 52.2 Å². The molecule has 0 bridgehead atoms. The van der Waals surface area contributed by atoms with E-state index in [1.807, 2.05) is 24.9 Å². The molecule has 1 aliphatic rings. The van der Waals surface area contributed by atoms with Crippen molar-refractivity contribution in [2.45, 2.75) is 13.0 Å². The molecule has 26 heavy (non-hydrogen) atoms. The highest BCUT2D eigenvalue weighted by molar-refractivity contribution is 5.42. The van der Waals surface area contributed by atoms with Gasteiger partial charge < -0.3 is 23.8 Å². The maximum absolute atomic E-state index is 12.2. The second-order valence-corrected chi connectivity index (χ2v) is 6.13. The van der Waals surface area contributed by atoms with E-state index < -0.39 is 0 Å². The molecule has 0 aromatic carbocycles. The first-order chi connectivity index (χ1) is 12.6. The Bertz CT molecular complexity index is 796. The van der Waals surface area contributed by atoms with Crippen LogP contribution in [0.2, 0.25) is 0 Å². The largest absolute Gasteiger partial charge is 0.478 e. The van der Waals surface area contributed by atoms with Gasteiger partial charge in [-0.05, 0) is 6.92 Å². The summed E-state index contributed by atoms with van der Waals surface area (Å²) in [5.41, 5.74) is -0.125. The van der Waals surface area contributed by atoms with E-state index in [1.165, 1.54) is 10.9 Å². The molecule has 2 aromatic rings. The lowest BCUT2D eigenvalue weighted by atomic mass is 10.2. The second-order valence-electron chi connectivity index (χ2n) is 6.13. The quantitative estimate of drug-likeness (QED) is 0.728. The van der Waals surface area contributed by atoms with E-state index in [0.29, 0.717) is 38.0 Å². The molecule has 1 aliphatic heterocycles. The van der Waals surface area contributed by atoms with Crippen LogP contribution in [0.5, 0.6) is 5.88 Å². The van der Waals surface area contributed by atoms with Crippen molar-refractivity contribution < 1.29 is 9.47 Å². The van der Waals surface area contributed by atoms with Crippen molar-refractivity contribution >= 4 is 11.6 Å². The number of hydrogen-bond acceptors (Lipinski definition) is 8. The fourth-order valence-corrected chi connectivity index (χ4v) is 2.91. The predicted molar refractivity (Wildman–Crippen MR) is 97.9 cm³/mol. The Hall–Kier alpha value is -2.68. The highest BCUT2D eigenvalue weighted by atomic mass is 16.5. The minimum atomic E-state index is -0.125. The van der Waals surface area contributed by atoms with E-state index in [0.717, 1.165) is 12.4 Å². The van der Waals surface area contributed by atoms with Crippen molar-refractivity contribution in [1.82, 2.24) is 19.5 Å². The van der Waals surface area contributed by atoms with Gasteiger partial charge in [-0.25, -0.2) is 15.0 Å². The number of ether oxygens (including phenoxy) is 2. The van der Waals surface area contributed by atoms with Gasteiger partial charge in [-0.1, -0.05) is 0 Å². The summed E-state index contributed by atoms with van der Waals surface area (Å²) < 4.78 is 12.8. The average Bonchev–Trinajstić information content (AvgIpc) is 2.65. The predicted octanol–water partition coefficient (Wildman–Crippen LogP) is 0.311. The normalized spacial score (nSPS) is 17.2. The van der Waals surface area contributed by atoms with Gasteiger partial charge in [-0.2, -0.15) is 0 Å². The summed E-state index contributed by atoms with van der Waals surface area (Å²) in [6.45, 7) is 5.05. The van der Waals surface area contributed by atoms with E-state index in [-0.39, 0.29) is 11.7 Å². The lowest BCUT2D eigenvalue weighted by Crippen LogP contribution is -2.48. The molecular weight excluding hydrogens is 336 g/mol. The standard InChI is InChI=1S/C17H24N6O3/c1-4-25-15-9-14(19-12-20-15)23-7-8-26-13(11-23)10-22(3)16-17(24)21(2)6-5-18-16/h5-6,9,12-13H,4,7-8,10-11H2,1-3H3/t13-/m0/s1. The molecule has 1 atom stereocenters. The van der Waals surface area contributed by atoms with Gasteiger partial charge in [0.15, 0.2) is 5.82 Å². The van der Waals surface area contributed by atoms with E-state index >= 15 is 0 Å². The lowest BCUT2D eigenvalue weighted by molar-refractivity contribution is 0.0455. The second kappa shape index (κ2) is 8.13. The van der Waals surface area contributed by atoms with Crippen LogP contribution >= 0.6 is 0 Å². The van der Waals surface area contributed by atoms with Gasteiger partial charge in [-0.3, -0.25) is 4.79 Å². The van der Waals surface area contributed by atoms with E-state index in [4.69, 9.17) is 9.47 Å². The average molecular weight is 360 g/mol. The minimum Gasteiger partial charge on any atom is -0.478 e. The Morgan fingerprint density at radius 3 is 3.04 bits per heavy atom. The van der Waals surface area contributed by atoms with Crippen LogP contribution in [0.15, 0.2) is 29.6 Å². The Kier molecular flexibility index (Phi) is 5.67. The van der Waals surface area contributed by atoms with Crippen LogP contribution in [-0.4, -0.2) is 65.5 Å². The Morgan fingerprint density at radius 1 is 1.38 bits per heavy atom. The molecule has 3 heterocycles. The molecule has 1 fully saturated rings. The molecule has 2 aromatic heterocycles. The van der Waals surface area contributed by atoms with Crippen molar-refractivity contribution in [3.63, 3.8) is 0 Å². The number of morpholine rings is 1. The lowest BCUT2D eigenvalue weighted by Gasteiger charge is -2.35. The number of nitrogens with zero attached hydrogens (tertiary/aromatic N) is 6. The highest BCUT2D eigenvalue weighted by Crippen LogP contribution is 2.19. The van der Waals surface area contributed by atoms with Crippen molar-refractivity contribution in [1.29, 1.82) is 0 Å². The Labute approximate surface area is 152 Å². The number of hydrogen-bond donors (Lipinski definition) is 0. The summed E-state index contributed by atoms with van der Waals surface area (Å²) in [6.07, 6.45) is 4.71. The molecule has 3 rings (SSSR count). The third-order valence-electron chi connectivity index (χ3n) is 4.22. The van der Waals surface area contributed by atoms with Gasteiger partial charge in [0.2, 0.25) is 5.88 Å². The van der Waals surface area contributed by atoms with E-state index in [1.54, 1.807) is 19.4 Å². The fraction of sp³-hybridized carbons (Fsp3) is 0.529. The molecule has 0 aliphatic carbocycles. The molecule has 0 N–H and O–H groups in total. The molecule has 0 spiro atoms. The van der Waals surface area contributed by atoms with Gasteiger partial charge in [0.25, 0.3) is 5.56 Å². The molecule has 9 heteroatoms. The van der Waals surface area contributed by atoms with Gasteiger partial charge in [0.05, 0.1) is 19.3 Å². The van der Waals surface area contributed by atoms with Crippen LogP contribution in [0.25, 0.3) is 0 Å². The Balaban J connectivity index is 1.68. The monoisotopic (exact) mass is 360 g/mol. The summed E-state index contributed by atoms with van der Waals surface area (Å²) in [7, 11) is 3.56. The van der Waals surface area contributed by atoms with Crippen LogP contribution in [0, 0.1) is 0 Å². The number of aromatic nitrogens is 4. The third kappa shape index (κ3) is 4.10. The first-order valence-electron chi connectivity index (χ1n) is 8.62. The summed E-state index contributed by atoms with van der Waals surface area (Å²) in [5.74, 6) is 1.79. The molecule has 0 amide bonds. The van der Waals surface area contributed by atoms with Crippen molar-refractivity contribution in [3.8, 4) is 5.88 Å². The molecule has 0 saturated carbocycles. The zero-order valence-corrected chi connectivity index (χ0v) is 15.3. The Morgan fingerprint density at radius 2 is 2.23 bits per heavy atom. The number of likely N-dealkylation sites (N-methyl/N-ethyl adjacent to an activating group) is 1. The van der Waals surface area contributed by atoms with Crippen LogP contribution in [-0.2, 0) is 11.8 Å². The first-order valence-corrected chi connectivity index (χ1v) is 8.62. The third-order valence-corrected chi connectivity index (χ3v) is 4.22. The summed E-state index contributed by atoms with van der Waals surface area (Å²) in [6, 6.07) is 1.84. The number of rotatable bonds is 6. The van der Waals surface area contributed by atoms with Crippen molar-refractivity contribution in [3.05, 3.63) is 35.1 Å². The zero-order valence-electron chi connectivity index (χ0n) is 15.3. The molecular formula is C17H24N6O3. The van der Waals surface area contributed by atoms with Crippen LogP contribution in [0.3, 0.4) is 0 Å². The smallest absolute Gasteiger partial charge is 0.293 e. The topological polar surface area (TPSA) is 85.6 Å². The van der Waals surface area contributed by atoms with Crippen LogP contribution in [0.4, 0.5) is 11.6 Å². The first kappa shape index (κ1) is 18.1. The van der Waals surface area contributed by atoms with Gasteiger partial charge in [0.1, 0.15) is 12.1 Å². The van der Waals surface area contributed by atoms with Crippen LogP contribution < -0.4 is 20.1 Å². The maximum atomic E-state index is 12.2. The number of aryl methyl sites for hydroxylation is 1. The van der Waals surface area contributed by atoms with Gasteiger partial charge in [-0.15, -0.1) is 0 Å². The minimum absolute atomic E-state index is 0.0639. The summed E-state index contributed by atoms with van der Waals surface area (Å²) >= 11 is 0. The molecule has 0 unspecified atom stereocenters. The van der Waals surface area contributed by atoms with Crippen LogP contribution in [0.1, 0.15) is 6.92 Å². The molecule has 140 valence electrons. The van der Waals surface area contributed by atoms with Gasteiger partial charge >= 0.3 is 0 Å². The summed E-state index contributed by atoms with van der Waals surface area (Å²) in [5, 5.41) is 0. The fourth-order valence-electron chi connectivity index (χ4n) is 2.91. The highest BCUT2D eigenvalue weighted by Gasteiger charge is 2.24. The van der Waals surface area contributed by atoms with E-state index in [2.05, 4.69) is 19.9 Å². The SMILES string of the molecule is CCOc1cc(N2CCO[C@@H](CN(C)c3nccn(C)c3=O)C2)ncn1. The maximum Gasteiger partial charge on any atom is 0.293 e. The number of anilines is 2. The zero-order chi connectivity index (χ0) is 18.5. The summed E-state index contributed by atoms with van der Waals surface area (Å²) in [4.78, 5) is 28.8. The molecule has 0 radical (unpaired) electrons. The molecule has 1 saturated heterocycles.